The lowest BCUT2D eigenvalue weighted by molar-refractivity contribution is -0.346. The maximum absolute atomic E-state index is 17.2. The third-order valence-corrected chi connectivity index (χ3v) is 34.0. The highest BCUT2D eigenvalue weighted by Crippen LogP contribution is 2.65. The first-order valence-electron chi connectivity index (χ1n) is 29.6. The molecule has 2 N–H and O–H groups in total. The number of Topliss-reactive ketones (excluding diaryl/α,β-unsaturated/α-hetero) is 1. The van der Waals surface area contributed by atoms with E-state index in [-0.39, 0.29) is 49.0 Å². The van der Waals surface area contributed by atoms with E-state index in [9.17, 15) is 19.5 Å². The van der Waals surface area contributed by atoms with Gasteiger partial charge in [-0.25, -0.2) is 4.79 Å². The van der Waals surface area contributed by atoms with Gasteiger partial charge in [0.05, 0.1) is 30.1 Å². The van der Waals surface area contributed by atoms with Crippen molar-refractivity contribution in [2.24, 2.45) is 16.7 Å². The van der Waals surface area contributed by atoms with Crippen LogP contribution in [-0.2, 0) is 56.2 Å². The highest BCUT2D eigenvalue weighted by atomic mass is 28.4. The van der Waals surface area contributed by atoms with Crippen molar-refractivity contribution in [3.8, 4) is 0 Å². The van der Waals surface area contributed by atoms with E-state index in [1.165, 1.54) is 6.92 Å². The van der Waals surface area contributed by atoms with Crippen molar-refractivity contribution in [3.05, 3.63) is 47.0 Å². The molecule has 6 rings (SSSR count). The fourth-order valence-electron chi connectivity index (χ4n) is 13.6. The van der Waals surface area contributed by atoms with E-state index in [4.69, 9.17) is 32.2 Å². The number of carbonyl (C=O) groups is 5. The van der Waals surface area contributed by atoms with Crippen molar-refractivity contribution in [1.29, 1.82) is 0 Å². The fraction of sp³-hybridized carbons (Fsp3) is 0.783. The van der Waals surface area contributed by atoms with Crippen molar-refractivity contribution >= 4 is 54.6 Å². The number of aliphatic hydroxyl groups is 1. The smallest absolute Gasteiger partial charge is 0.337 e. The minimum atomic E-state index is -2.85. The first-order chi connectivity index (χ1) is 36.1. The predicted octanol–water partition coefficient (Wildman–Crippen LogP) is 12.2. The van der Waals surface area contributed by atoms with Gasteiger partial charge < -0.3 is 42.6 Å². The Hall–Kier alpha value is -3.04. The summed E-state index contributed by atoms with van der Waals surface area (Å²) >= 11 is 0. The van der Waals surface area contributed by atoms with Gasteiger partial charge >= 0.3 is 17.9 Å². The second-order valence-corrected chi connectivity index (χ2v) is 39.9. The number of hydrogen-bond donors (Lipinski definition) is 2. The van der Waals surface area contributed by atoms with Crippen LogP contribution in [0.4, 0.5) is 0 Å². The summed E-state index contributed by atoms with van der Waals surface area (Å²) in [6.07, 6.45) is -1.23. The number of ether oxygens (including phenoxy) is 4. The number of amides is 1. The Labute approximate surface area is 465 Å². The van der Waals surface area contributed by atoms with Gasteiger partial charge in [0, 0.05) is 38.0 Å². The zero-order valence-corrected chi connectivity index (χ0v) is 53.1. The zero-order valence-electron chi connectivity index (χ0n) is 50.1. The van der Waals surface area contributed by atoms with Crippen LogP contribution in [-0.4, -0.2) is 114 Å². The topological polar surface area (TPSA) is 182 Å². The fourth-order valence-corrected chi connectivity index (χ4v) is 20.5. The number of ketones is 1. The molecule has 2 saturated heterocycles. The van der Waals surface area contributed by atoms with E-state index < -0.39 is 113 Å². The van der Waals surface area contributed by atoms with Crippen molar-refractivity contribution in [1.82, 2.24) is 5.32 Å². The quantitative estimate of drug-likeness (QED) is 0.0778. The van der Waals surface area contributed by atoms with Crippen LogP contribution < -0.4 is 5.32 Å². The number of benzene rings is 1. The lowest BCUT2D eigenvalue weighted by Crippen LogP contribution is -2.82. The molecule has 0 unspecified atom stereocenters. The monoisotopic (exact) mass is 1130 g/mol. The average molecular weight is 1130 g/mol. The Bertz CT molecular complexity index is 2280. The molecular weight excluding hydrogens is 1030 g/mol. The van der Waals surface area contributed by atoms with Crippen LogP contribution in [0.3, 0.4) is 0 Å². The van der Waals surface area contributed by atoms with E-state index in [0.717, 1.165) is 50.2 Å². The maximum Gasteiger partial charge on any atom is 0.337 e. The maximum atomic E-state index is 17.2. The molecule has 1 aromatic rings. The van der Waals surface area contributed by atoms with Crippen molar-refractivity contribution in [2.45, 2.75) is 276 Å². The van der Waals surface area contributed by atoms with Gasteiger partial charge in [-0.15, -0.1) is 0 Å². The average Bonchev–Trinajstić information content (AvgIpc) is 3.37. The second kappa shape index (κ2) is 24.6. The highest BCUT2D eigenvalue weighted by molar-refractivity contribution is 6.74. The Morgan fingerprint density at radius 1 is 0.779 bits per heavy atom. The Balaban J connectivity index is 1.71. The number of nitrogens with one attached hydrogen (secondary N) is 1. The van der Waals surface area contributed by atoms with Crippen LogP contribution in [0.15, 0.2) is 41.5 Å². The molecule has 0 aromatic heterocycles. The van der Waals surface area contributed by atoms with E-state index >= 15 is 9.59 Å². The first-order valence-corrected chi connectivity index (χ1v) is 37.6. The van der Waals surface area contributed by atoms with Gasteiger partial charge in [0.2, 0.25) is 5.91 Å². The minimum absolute atomic E-state index is 0.0410. The van der Waals surface area contributed by atoms with Gasteiger partial charge in [0.1, 0.15) is 30.0 Å². The van der Waals surface area contributed by atoms with Crippen molar-refractivity contribution < 1.29 is 61.3 Å². The summed E-state index contributed by atoms with van der Waals surface area (Å²) in [5.74, 6) is -3.65. The summed E-state index contributed by atoms with van der Waals surface area (Å²) in [4.78, 5) is 75.8. The van der Waals surface area contributed by atoms with E-state index in [1.54, 1.807) is 0 Å². The Morgan fingerprint density at radius 2 is 1.32 bits per heavy atom. The van der Waals surface area contributed by atoms with Crippen LogP contribution in [0.5, 0.6) is 0 Å². The zero-order chi connectivity index (χ0) is 57.2. The molecule has 2 saturated carbocycles. The molecule has 17 heteroatoms. The Kier molecular flexibility index (Phi) is 20.2. The molecule has 14 nitrogen and oxygen atoms in total. The molecule has 3 bridgehead atoms. The molecule has 3 aliphatic carbocycles. The highest BCUT2D eigenvalue weighted by Gasteiger charge is 2.79. The second-order valence-electron chi connectivity index (χ2n) is 25.7. The third kappa shape index (κ3) is 12.1. The van der Waals surface area contributed by atoms with Gasteiger partial charge in [-0.3, -0.25) is 19.2 Å². The SMILES string of the molecule is CC[Si](CC)(CC)O[C@H]1C(=O)[C@@]2(C)[C@@H](O[Si](CC)(CC)CC)C[C@H]3OC[C@@]3(OC(C)=O)[C@@H]2[C@H]2OC(=O)CCCCCCCCCC(=O)N[C@@H](c3ccccc3)[C@H](O[Si](C)(C)C(C)(C)C)C(=O)O[C@H]3C[C@]2(O)C(C)(C)C1=C3C. The molecule has 2 heterocycles. The van der Waals surface area contributed by atoms with Crippen molar-refractivity contribution in [3.63, 3.8) is 0 Å². The lowest BCUT2D eigenvalue weighted by Gasteiger charge is -2.68. The van der Waals surface area contributed by atoms with Gasteiger partial charge in [-0.05, 0) is 97.8 Å². The summed E-state index contributed by atoms with van der Waals surface area (Å²) in [7, 11) is -8.19. The summed E-state index contributed by atoms with van der Waals surface area (Å²) in [6.45, 7) is 31.9. The number of rotatable bonds is 14. The predicted molar refractivity (Wildman–Crippen MR) is 306 cm³/mol. The normalized spacial score (nSPS) is 33.2. The minimum Gasteiger partial charge on any atom is -0.459 e. The summed E-state index contributed by atoms with van der Waals surface area (Å²) < 4.78 is 49.4. The van der Waals surface area contributed by atoms with Crippen LogP contribution >= 0.6 is 0 Å². The Morgan fingerprint density at radius 3 is 1.84 bits per heavy atom. The van der Waals surface area contributed by atoms with E-state index in [2.05, 4.69) is 80.7 Å². The van der Waals surface area contributed by atoms with Crippen LogP contribution in [0.1, 0.15) is 179 Å². The first kappa shape index (κ1) is 63.1. The number of carbonyl (C=O) groups excluding carboxylic acids is 5. The van der Waals surface area contributed by atoms with Gasteiger partial charge in [-0.2, -0.15) is 0 Å². The molecule has 2 aliphatic heterocycles. The summed E-state index contributed by atoms with van der Waals surface area (Å²) in [6, 6.07) is 12.8. The summed E-state index contributed by atoms with van der Waals surface area (Å²) in [5, 5.41) is 17.5. The van der Waals surface area contributed by atoms with Crippen LogP contribution in [0.25, 0.3) is 0 Å². The number of hydrogen-bond acceptors (Lipinski definition) is 13. The van der Waals surface area contributed by atoms with Crippen molar-refractivity contribution in [2.75, 3.05) is 6.61 Å². The largest absolute Gasteiger partial charge is 0.459 e. The molecule has 11 atom stereocenters. The van der Waals surface area contributed by atoms with Gasteiger partial charge in [0.25, 0.3) is 0 Å². The van der Waals surface area contributed by atoms with Gasteiger partial charge in [0.15, 0.2) is 42.4 Å². The number of esters is 3. The van der Waals surface area contributed by atoms with E-state index in [1.807, 2.05) is 58.0 Å². The third-order valence-electron chi connectivity index (χ3n) is 20.3. The summed E-state index contributed by atoms with van der Waals surface area (Å²) in [5.41, 5.74) is -5.01. The van der Waals surface area contributed by atoms with Crippen LogP contribution in [0.2, 0.25) is 54.4 Å². The molecule has 1 amide bonds. The number of fused-ring (bicyclic) bond motifs is 6. The molecule has 1 aromatic carbocycles. The molecule has 77 heavy (non-hydrogen) atoms. The van der Waals surface area contributed by atoms with E-state index in [0.29, 0.717) is 47.7 Å². The standard InChI is InChI=1S/C60H99NO13Si3/c1-17-76(18-2,19-3)72-44-37-45-59(39-68-45,71-41(8)62)52-54-60(67)38-43(40(7)48(57(60,12)13)50(53(65)58(44,52)14)74-77(20-4,21-5)22-6)69-55(66)51(73-75(15,16)56(9,10)11)49(42-33-29-28-30-34-42)61-46(63)35-31-26-24-23-25-27-32-36-47(64)70-54/h28-30,33-34,43-45,49-52,54,67H,17-27,31-32,35-39H2,1-16H3,(H,61,63)/t43-,44-,45+,49-,50+,51-,52+,54+,58-,59-,60+/m0/s1. The molecule has 4 fully saturated rings. The van der Waals surface area contributed by atoms with Gasteiger partial charge in [-0.1, -0.05) is 139 Å². The molecule has 434 valence electrons. The lowest BCUT2D eigenvalue weighted by atomic mass is 9.44. The molecule has 0 radical (unpaired) electrons. The molecular formula is C60H99NO13Si3. The molecule has 5 aliphatic rings. The molecule has 0 spiro atoms. The van der Waals surface area contributed by atoms with Crippen LogP contribution in [0, 0.1) is 16.7 Å².